The Morgan fingerprint density at radius 1 is 1.50 bits per heavy atom. The highest BCUT2D eigenvalue weighted by Crippen LogP contribution is 2.34. The number of hydrogen-bond donors (Lipinski definition) is 2. The van der Waals surface area contributed by atoms with Crippen LogP contribution in [0.1, 0.15) is 19.3 Å². The minimum atomic E-state index is -0.743. The van der Waals surface area contributed by atoms with Crippen LogP contribution in [0.4, 0.5) is 0 Å². The van der Waals surface area contributed by atoms with Gasteiger partial charge in [-0.05, 0) is 32.4 Å². The molecule has 0 radical (unpaired) electrons. The summed E-state index contributed by atoms with van der Waals surface area (Å²) < 4.78 is 0. The molecule has 0 spiro atoms. The van der Waals surface area contributed by atoms with Crippen LogP contribution in [-0.2, 0) is 4.79 Å². The van der Waals surface area contributed by atoms with Gasteiger partial charge in [0.1, 0.15) is 0 Å². The van der Waals surface area contributed by atoms with Crippen LogP contribution >= 0.6 is 0 Å². The van der Waals surface area contributed by atoms with Crippen LogP contribution in [0.3, 0.4) is 0 Å². The van der Waals surface area contributed by atoms with E-state index in [2.05, 4.69) is 5.32 Å². The summed E-state index contributed by atoms with van der Waals surface area (Å²) in [6.45, 7) is 2.44. The summed E-state index contributed by atoms with van der Waals surface area (Å²) in [5, 5.41) is 13.6. The molecule has 2 N–H and O–H groups in total. The fourth-order valence-corrected chi connectivity index (χ4v) is 2.53. The minimum absolute atomic E-state index is 0.120. The lowest BCUT2D eigenvalue weighted by Gasteiger charge is -2.36. The van der Waals surface area contributed by atoms with Crippen molar-refractivity contribution in [3.8, 4) is 0 Å². The molecule has 4 heteroatoms. The van der Waals surface area contributed by atoms with Gasteiger partial charge < -0.3 is 15.3 Å². The maximum absolute atomic E-state index is 11.8. The molecule has 4 nitrogen and oxygen atoms in total. The zero-order valence-electron chi connectivity index (χ0n) is 8.62. The number of hydrogen-bond acceptors (Lipinski definition) is 3. The van der Waals surface area contributed by atoms with E-state index in [1.165, 1.54) is 0 Å². The molecule has 2 heterocycles. The molecular formula is C10H18N2O2. The van der Waals surface area contributed by atoms with Crippen molar-refractivity contribution >= 4 is 5.91 Å². The molecule has 80 valence electrons. The predicted octanol–water partition coefficient (Wildman–Crippen LogP) is -0.421. The minimum Gasteiger partial charge on any atom is -0.389 e. The second-order valence-corrected chi connectivity index (χ2v) is 4.45. The van der Waals surface area contributed by atoms with Gasteiger partial charge in [-0.15, -0.1) is 0 Å². The van der Waals surface area contributed by atoms with E-state index in [0.717, 1.165) is 26.1 Å². The monoisotopic (exact) mass is 198 g/mol. The lowest BCUT2D eigenvalue weighted by Crippen LogP contribution is -2.49. The second-order valence-electron chi connectivity index (χ2n) is 4.45. The van der Waals surface area contributed by atoms with Gasteiger partial charge in [-0.25, -0.2) is 0 Å². The van der Waals surface area contributed by atoms with Crippen LogP contribution in [0.25, 0.3) is 0 Å². The highest BCUT2D eigenvalue weighted by atomic mass is 16.3. The van der Waals surface area contributed by atoms with Crippen molar-refractivity contribution in [1.29, 1.82) is 0 Å². The standard InChI is InChI=1S/C10H18N2O2/c1-12-7-2-8(9(12)13)10(14)3-5-11-6-4-10/h8,11,14H,2-7H2,1H3. The first kappa shape index (κ1) is 9.93. The molecule has 1 amide bonds. The first-order valence-corrected chi connectivity index (χ1v) is 5.31. The van der Waals surface area contributed by atoms with E-state index in [9.17, 15) is 9.90 Å². The van der Waals surface area contributed by atoms with Crippen LogP contribution in [0.5, 0.6) is 0 Å². The molecular weight excluding hydrogens is 180 g/mol. The number of nitrogens with one attached hydrogen (secondary N) is 1. The van der Waals surface area contributed by atoms with Crippen LogP contribution in [0, 0.1) is 5.92 Å². The van der Waals surface area contributed by atoms with E-state index in [4.69, 9.17) is 0 Å². The molecule has 0 aromatic heterocycles. The molecule has 1 unspecified atom stereocenters. The van der Waals surface area contributed by atoms with Crippen molar-refractivity contribution in [1.82, 2.24) is 10.2 Å². The second kappa shape index (κ2) is 3.51. The first-order valence-electron chi connectivity index (χ1n) is 5.31. The summed E-state index contributed by atoms with van der Waals surface area (Å²) >= 11 is 0. The molecule has 2 aliphatic heterocycles. The van der Waals surface area contributed by atoms with Crippen molar-refractivity contribution < 1.29 is 9.90 Å². The van der Waals surface area contributed by atoms with Crippen molar-refractivity contribution in [2.75, 3.05) is 26.7 Å². The smallest absolute Gasteiger partial charge is 0.228 e. The van der Waals surface area contributed by atoms with E-state index >= 15 is 0 Å². The van der Waals surface area contributed by atoms with Crippen LogP contribution in [0.2, 0.25) is 0 Å². The van der Waals surface area contributed by atoms with Gasteiger partial charge >= 0.3 is 0 Å². The summed E-state index contributed by atoms with van der Waals surface area (Å²) in [4.78, 5) is 13.5. The van der Waals surface area contributed by atoms with Gasteiger partial charge in [-0.1, -0.05) is 0 Å². The van der Waals surface area contributed by atoms with Crippen molar-refractivity contribution in [3.63, 3.8) is 0 Å². The Labute approximate surface area is 84.3 Å². The average Bonchev–Trinajstić information content (AvgIpc) is 2.49. The van der Waals surface area contributed by atoms with Crippen molar-refractivity contribution in [2.45, 2.75) is 24.9 Å². The number of aliphatic hydroxyl groups is 1. The lowest BCUT2D eigenvalue weighted by molar-refractivity contribution is -0.139. The van der Waals surface area contributed by atoms with Crippen molar-refractivity contribution in [3.05, 3.63) is 0 Å². The van der Waals surface area contributed by atoms with E-state index in [-0.39, 0.29) is 11.8 Å². The highest BCUT2D eigenvalue weighted by Gasteiger charge is 2.45. The Kier molecular flexibility index (Phi) is 2.49. The third-order valence-corrected chi connectivity index (χ3v) is 3.55. The summed E-state index contributed by atoms with van der Waals surface area (Å²) in [7, 11) is 1.81. The molecule has 0 aliphatic carbocycles. The lowest BCUT2D eigenvalue weighted by atomic mass is 9.79. The topological polar surface area (TPSA) is 52.6 Å². The van der Waals surface area contributed by atoms with Crippen LogP contribution in [-0.4, -0.2) is 48.2 Å². The Hall–Kier alpha value is -0.610. The predicted molar refractivity (Wildman–Crippen MR) is 52.8 cm³/mol. The molecule has 0 aromatic carbocycles. The largest absolute Gasteiger partial charge is 0.389 e. The summed E-state index contributed by atoms with van der Waals surface area (Å²) in [5.74, 6) is -0.0380. The summed E-state index contributed by atoms with van der Waals surface area (Å²) in [6, 6.07) is 0. The normalized spacial score (nSPS) is 32.3. The number of carbonyl (C=O) groups is 1. The highest BCUT2D eigenvalue weighted by molar-refractivity contribution is 5.81. The number of amides is 1. The number of piperidine rings is 1. The van der Waals surface area contributed by atoms with Gasteiger partial charge in [0.15, 0.2) is 0 Å². The number of nitrogens with zero attached hydrogens (tertiary/aromatic N) is 1. The fourth-order valence-electron chi connectivity index (χ4n) is 2.53. The Morgan fingerprint density at radius 2 is 2.14 bits per heavy atom. The number of likely N-dealkylation sites (tertiary alicyclic amines) is 1. The fraction of sp³-hybridized carbons (Fsp3) is 0.900. The van der Waals surface area contributed by atoms with Crippen LogP contribution < -0.4 is 5.32 Å². The molecule has 2 rings (SSSR count). The van der Waals surface area contributed by atoms with Gasteiger partial charge in [0.05, 0.1) is 11.5 Å². The molecule has 0 aromatic rings. The Morgan fingerprint density at radius 3 is 2.64 bits per heavy atom. The van der Waals surface area contributed by atoms with Gasteiger partial charge in [0.25, 0.3) is 0 Å². The van der Waals surface area contributed by atoms with E-state index < -0.39 is 5.60 Å². The Bertz CT molecular complexity index is 236. The molecule has 14 heavy (non-hydrogen) atoms. The van der Waals surface area contributed by atoms with Crippen molar-refractivity contribution in [2.24, 2.45) is 5.92 Å². The maximum Gasteiger partial charge on any atom is 0.228 e. The van der Waals surface area contributed by atoms with E-state index in [1.807, 2.05) is 7.05 Å². The summed E-state index contributed by atoms with van der Waals surface area (Å²) in [5.41, 5.74) is -0.743. The molecule has 2 fully saturated rings. The van der Waals surface area contributed by atoms with Gasteiger partial charge in [0.2, 0.25) is 5.91 Å². The summed E-state index contributed by atoms with van der Waals surface area (Å²) in [6.07, 6.45) is 2.22. The maximum atomic E-state index is 11.8. The Balaban J connectivity index is 2.09. The molecule has 0 saturated carbocycles. The quantitative estimate of drug-likeness (QED) is 0.601. The molecule has 1 atom stereocenters. The van der Waals surface area contributed by atoms with E-state index in [0.29, 0.717) is 12.8 Å². The third-order valence-electron chi connectivity index (χ3n) is 3.55. The van der Waals surface area contributed by atoms with Crippen LogP contribution in [0.15, 0.2) is 0 Å². The van der Waals surface area contributed by atoms with Gasteiger partial charge in [0, 0.05) is 13.6 Å². The average molecular weight is 198 g/mol. The zero-order valence-corrected chi connectivity index (χ0v) is 8.62. The molecule has 2 saturated heterocycles. The van der Waals surface area contributed by atoms with Gasteiger partial charge in [-0.2, -0.15) is 0 Å². The third kappa shape index (κ3) is 1.53. The SMILES string of the molecule is CN1CCC(C2(O)CCNCC2)C1=O. The number of rotatable bonds is 1. The number of carbonyl (C=O) groups excluding carboxylic acids is 1. The molecule has 2 aliphatic rings. The first-order chi connectivity index (χ1) is 6.63. The zero-order chi connectivity index (χ0) is 10.2. The van der Waals surface area contributed by atoms with E-state index in [1.54, 1.807) is 4.90 Å². The van der Waals surface area contributed by atoms with Gasteiger partial charge in [-0.3, -0.25) is 4.79 Å². The molecule has 0 bridgehead atoms.